The molecule has 0 N–H and O–H groups in total. The van der Waals surface area contributed by atoms with E-state index in [1.165, 1.54) is 4.57 Å². The average molecular weight is 355 g/mol. The molecule has 6 heteroatoms. The lowest BCUT2D eigenvalue weighted by atomic mass is 10.2. The van der Waals surface area contributed by atoms with E-state index in [1.807, 2.05) is 0 Å². The third-order valence-corrected chi connectivity index (χ3v) is 3.42. The number of aromatic nitrogens is 2. The molecule has 2 rings (SSSR count). The summed E-state index contributed by atoms with van der Waals surface area (Å²) < 4.78 is 2.10. The summed E-state index contributed by atoms with van der Waals surface area (Å²) in [5.74, 6) is 0. The van der Waals surface area contributed by atoms with Gasteiger partial charge in [-0.3, -0.25) is 9.36 Å². The molecule has 0 amide bonds. The van der Waals surface area contributed by atoms with Crippen LogP contribution in [0.2, 0.25) is 10.3 Å². The first kappa shape index (κ1) is 11.2. The number of halogens is 3. The molecule has 1 heterocycles. The van der Waals surface area contributed by atoms with E-state index >= 15 is 0 Å². The van der Waals surface area contributed by atoms with Gasteiger partial charge in [0.25, 0.3) is 5.56 Å². The van der Waals surface area contributed by atoms with Crippen molar-refractivity contribution in [1.29, 1.82) is 0 Å². The molecule has 0 aliphatic carbocycles. The van der Waals surface area contributed by atoms with Crippen molar-refractivity contribution in [2.45, 2.75) is 0 Å². The Bertz CT molecular complexity index is 609. The van der Waals surface area contributed by atoms with Crippen LogP contribution in [0.5, 0.6) is 0 Å². The lowest BCUT2D eigenvalue weighted by molar-refractivity contribution is 0.844. The lowest BCUT2D eigenvalue weighted by Gasteiger charge is -2.05. The van der Waals surface area contributed by atoms with Gasteiger partial charge < -0.3 is 0 Å². The van der Waals surface area contributed by atoms with Gasteiger partial charge in [0.05, 0.1) is 10.9 Å². The van der Waals surface area contributed by atoms with Crippen molar-refractivity contribution < 1.29 is 0 Å². The van der Waals surface area contributed by atoms with Crippen LogP contribution >= 0.6 is 45.8 Å². The number of hydrogen-bond donors (Lipinski definition) is 0. The Kier molecular flexibility index (Phi) is 2.92. The van der Waals surface area contributed by atoms with Gasteiger partial charge in [0.15, 0.2) is 0 Å². The fourth-order valence-corrected chi connectivity index (χ4v) is 2.58. The van der Waals surface area contributed by atoms with Gasteiger partial charge in [0.1, 0.15) is 0 Å². The van der Waals surface area contributed by atoms with Crippen molar-refractivity contribution in [3.05, 3.63) is 36.4 Å². The molecule has 3 nitrogen and oxygen atoms in total. The summed E-state index contributed by atoms with van der Waals surface area (Å²) in [4.78, 5) is 16.0. The van der Waals surface area contributed by atoms with Crippen LogP contribution in [0.3, 0.4) is 0 Å². The molecule has 1 aromatic heterocycles. The molecule has 78 valence electrons. The Balaban J connectivity index is 3.06. The summed E-state index contributed by atoms with van der Waals surface area (Å²) in [6.45, 7) is 0. The Morgan fingerprint density at radius 2 is 2.07 bits per heavy atom. The fourth-order valence-electron chi connectivity index (χ4n) is 1.27. The highest BCUT2D eigenvalue weighted by Gasteiger charge is 2.09. The molecule has 0 radical (unpaired) electrons. The molecule has 0 saturated carbocycles. The van der Waals surface area contributed by atoms with Gasteiger partial charge in [-0.1, -0.05) is 11.6 Å². The molecular weight excluding hydrogens is 350 g/mol. The number of nitrogens with zero attached hydrogens (tertiary/aromatic N) is 2. The van der Waals surface area contributed by atoms with Crippen LogP contribution in [0.1, 0.15) is 0 Å². The van der Waals surface area contributed by atoms with Crippen LogP contribution < -0.4 is 5.56 Å². The van der Waals surface area contributed by atoms with Crippen LogP contribution in [-0.2, 0) is 7.05 Å². The predicted molar refractivity (Wildman–Crippen MR) is 69.7 cm³/mol. The summed E-state index contributed by atoms with van der Waals surface area (Å²) >= 11 is 13.8. The third kappa shape index (κ3) is 1.86. The molecular formula is C9H5Cl2IN2O. The minimum atomic E-state index is -0.189. The van der Waals surface area contributed by atoms with E-state index in [9.17, 15) is 4.79 Å². The van der Waals surface area contributed by atoms with E-state index in [4.69, 9.17) is 23.2 Å². The van der Waals surface area contributed by atoms with Crippen LogP contribution in [0.25, 0.3) is 10.9 Å². The zero-order valence-corrected chi connectivity index (χ0v) is 11.3. The van der Waals surface area contributed by atoms with Crippen LogP contribution in [0.4, 0.5) is 0 Å². The summed E-state index contributed by atoms with van der Waals surface area (Å²) in [5, 5.41) is 1.18. The smallest absolute Gasteiger partial charge is 0.262 e. The van der Waals surface area contributed by atoms with Crippen molar-refractivity contribution in [3.63, 3.8) is 0 Å². The Hall–Kier alpha value is -0.330. The molecule has 0 saturated heterocycles. The van der Waals surface area contributed by atoms with Gasteiger partial charge in [-0.05, 0) is 46.3 Å². The maximum Gasteiger partial charge on any atom is 0.262 e. The van der Waals surface area contributed by atoms with E-state index in [0.29, 0.717) is 15.9 Å². The first-order chi connectivity index (χ1) is 7.00. The quantitative estimate of drug-likeness (QED) is 0.538. The standard InChI is InChI=1S/C9H5Cl2IN2O/c1-14-8(15)5-2-4(10)3-6(12)7(5)13-9(14)11/h2-3H,1H3. The predicted octanol–water partition coefficient (Wildman–Crippen LogP) is 2.84. The number of rotatable bonds is 0. The SMILES string of the molecule is Cn1c(Cl)nc2c(I)cc(Cl)cc2c1=O. The second-order valence-corrected chi connectivity index (χ2v) is 4.97. The van der Waals surface area contributed by atoms with Gasteiger partial charge in [-0.25, -0.2) is 4.98 Å². The minimum Gasteiger partial charge on any atom is -0.286 e. The van der Waals surface area contributed by atoms with E-state index in [2.05, 4.69) is 27.6 Å². The van der Waals surface area contributed by atoms with Gasteiger partial charge in [0, 0.05) is 15.6 Å². The fraction of sp³-hybridized carbons (Fsp3) is 0.111. The molecule has 0 atom stereocenters. The first-order valence-electron chi connectivity index (χ1n) is 4.02. The Morgan fingerprint density at radius 3 is 2.73 bits per heavy atom. The van der Waals surface area contributed by atoms with Crippen LogP contribution in [0, 0.1) is 3.57 Å². The summed E-state index contributed by atoms with van der Waals surface area (Å²) in [5.41, 5.74) is 0.401. The molecule has 0 unspecified atom stereocenters. The Labute approximate surface area is 109 Å². The highest BCUT2D eigenvalue weighted by molar-refractivity contribution is 14.1. The second-order valence-electron chi connectivity index (χ2n) is 3.03. The molecule has 0 bridgehead atoms. The van der Waals surface area contributed by atoms with Gasteiger partial charge in [-0.15, -0.1) is 0 Å². The second kappa shape index (κ2) is 3.92. The highest BCUT2D eigenvalue weighted by atomic mass is 127. The monoisotopic (exact) mass is 354 g/mol. The molecule has 0 aliphatic rings. The highest BCUT2D eigenvalue weighted by Crippen LogP contribution is 2.22. The van der Waals surface area contributed by atoms with Gasteiger partial charge in [-0.2, -0.15) is 0 Å². The molecule has 0 fully saturated rings. The normalized spacial score (nSPS) is 10.9. The topological polar surface area (TPSA) is 34.9 Å². The zero-order valence-electron chi connectivity index (χ0n) is 7.59. The van der Waals surface area contributed by atoms with Crippen molar-refractivity contribution in [1.82, 2.24) is 9.55 Å². The van der Waals surface area contributed by atoms with E-state index < -0.39 is 0 Å². The first-order valence-corrected chi connectivity index (χ1v) is 5.85. The summed E-state index contributed by atoms with van der Waals surface area (Å²) in [6.07, 6.45) is 0. The van der Waals surface area contributed by atoms with Gasteiger partial charge >= 0.3 is 0 Å². The van der Waals surface area contributed by atoms with E-state index in [0.717, 1.165) is 3.57 Å². The molecule has 0 aliphatic heterocycles. The van der Waals surface area contributed by atoms with Crippen molar-refractivity contribution in [2.75, 3.05) is 0 Å². The van der Waals surface area contributed by atoms with Crippen molar-refractivity contribution in [3.8, 4) is 0 Å². The van der Waals surface area contributed by atoms with Crippen LogP contribution in [-0.4, -0.2) is 9.55 Å². The lowest BCUT2D eigenvalue weighted by Crippen LogP contribution is -2.19. The third-order valence-electron chi connectivity index (χ3n) is 2.04. The number of benzene rings is 1. The molecule has 0 spiro atoms. The average Bonchev–Trinajstić information content (AvgIpc) is 2.17. The summed E-state index contributed by atoms with van der Waals surface area (Å²) in [7, 11) is 1.57. The van der Waals surface area contributed by atoms with Crippen LogP contribution in [0.15, 0.2) is 16.9 Å². The van der Waals surface area contributed by atoms with E-state index in [-0.39, 0.29) is 10.8 Å². The maximum atomic E-state index is 11.8. The number of hydrogen-bond acceptors (Lipinski definition) is 2. The maximum absolute atomic E-state index is 11.8. The number of fused-ring (bicyclic) bond motifs is 1. The largest absolute Gasteiger partial charge is 0.286 e. The van der Waals surface area contributed by atoms with Crippen molar-refractivity contribution >= 4 is 56.7 Å². The Morgan fingerprint density at radius 1 is 1.40 bits per heavy atom. The van der Waals surface area contributed by atoms with E-state index in [1.54, 1.807) is 19.2 Å². The zero-order chi connectivity index (χ0) is 11.2. The summed E-state index contributed by atoms with van der Waals surface area (Å²) in [6, 6.07) is 3.35. The van der Waals surface area contributed by atoms with Gasteiger partial charge in [0.2, 0.25) is 5.28 Å². The molecule has 1 aromatic carbocycles. The molecule has 15 heavy (non-hydrogen) atoms. The van der Waals surface area contributed by atoms with Crippen molar-refractivity contribution in [2.24, 2.45) is 7.05 Å². The molecule has 2 aromatic rings. The minimum absolute atomic E-state index is 0.174.